The molecule has 0 aliphatic carbocycles. The SMILES string of the molecule is CN(C)CC1CN(c2c(F)cc3c(=O)c(C(=O)O)cn(-c4ccc(F)cc4)c3c2F)CCO1. The van der Waals surface area contributed by atoms with E-state index in [0.717, 1.165) is 29.0 Å². The first-order valence-electron chi connectivity index (χ1n) is 10.2. The summed E-state index contributed by atoms with van der Waals surface area (Å²) in [6, 6.07) is 5.73. The van der Waals surface area contributed by atoms with E-state index in [1.165, 1.54) is 17.0 Å². The molecule has 0 bridgehead atoms. The van der Waals surface area contributed by atoms with E-state index >= 15 is 8.78 Å². The van der Waals surface area contributed by atoms with Gasteiger partial charge in [-0.3, -0.25) is 4.79 Å². The minimum atomic E-state index is -1.54. The van der Waals surface area contributed by atoms with Crippen LogP contribution in [0.15, 0.2) is 41.3 Å². The summed E-state index contributed by atoms with van der Waals surface area (Å²) in [6.45, 7) is 1.27. The second-order valence-electron chi connectivity index (χ2n) is 8.14. The summed E-state index contributed by atoms with van der Waals surface area (Å²) in [6.07, 6.45) is 0.691. The van der Waals surface area contributed by atoms with Crippen molar-refractivity contribution in [3.63, 3.8) is 0 Å². The van der Waals surface area contributed by atoms with E-state index in [1.807, 2.05) is 19.0 Å². The number of aromatic nitrogens is 1. The van der Waals surface area contributed by atoms with Crippen LogP contribution in [0.1, 0.15) is 10.4 Å². The zero-order chi connectivity index (χ0) is 23.9. The van der Waals surface area contributed by atoms with E-state index in [0.29, 0.717) is 6.54 Å². The number of aromatic carboxylic acids is 1. The molecule has 0 saturated carbocycles. The number of rotatable bonds is 5. The zero-order valence-electron chi connectivity index (χ0n) is 18.0. The molecule has 174 valence electrons. The van der Waals surface area contributed by atoms with Gasteiger partial charge < -0.3 is 24.2 Å². The van der Waals surface area contributed by atoms with Crippen LogP contribution in [-0.2, 0) is 4.74 Å². The largest absolute Gasteiger partial charge is 0.477 e. The quantitative estimate of drug-likeness (QED) is 0.630. The van der Waals surface area contributed by atoms with E-state index in [9.17, 15) is 19.1 Å². The average Bonchev–Trinajstić information content (AvgIpc) is 2.75. The van der Waals surface area contributed by atoms with Gasteiger partial charge in [-0.15, -0.1) is 0 Å². The molecule has 2 heterocycles. The number of morpholine rings is 1. The number of anilines is 1. The van der Waals surface area contributed by atoms with Gasteiger partial charge in [0.05, 0.1) is 23.6 Å². The highest BCUT2D eigenvalue weighted by Gasteiger charge is 2.29. The Kier molecular flexibility index (Phi) is 6.13. The number of halogens is 3. The van der Waals surface area contributed by atoms with Crippen molar-refractivity contribution in [2.75, 3.05) is 45.2 Å². The molecule has 7 nitrogen and oxygen atoms in total. The first-order chi connectivity index (χ1) is 15.7. The van der Waals surface area contributed by atoms with E-state index in [4.69, 9.17) is 4.74 Å². The van der Waals surface area contributed by atoms with Crippen LogP contribution in [-0.4, -0.2) is 67.0 Å². The summed E-state index contributed by atoms with van der Waals surface area (Å²) < 4.78 is 51.4. The summed E-state index contributed by atoms with van der Waals surface area (Å²) in [5.41, 5.74) is -2.06. The van der Waals surface area contributed by atoms with Crippen molar-refractivity contribution < 1.29 is 27.8 Å². The molecule has 0 radical (unpaired) electrons. The number of hydrogen-bond donors (Lipinski definition) is 1. The van der Waals surface area contributed by atoms with Crippen molar-refractivity contribution >= 4 is 22.6 Å². The molecule has 1 aromatic heterocycles. The van der Waals surface area contributed by atoms with E-state index < -0.39 is 39.8 Å². The fraction of sp³-hybridized carbons (Fsp3) is 0.304. The number of pyridine rings is 1. The summed E-state index contributed by atoms with van der Waals surface area (Å²) in [5, 5.41) is 9.03. The minimum absolute atomic E-state index is 0.216. The van der Waals surface area contributed by atoms with Crippen LogP contribution < -0.4 is 10.3 Å². The van der Waals surface area contributed by atoms with Crippen LogP contribution in [0.3, 0.4) is 0 Å². The van der Waals surface area contributed by atoms with Gasteiger partial charge in [-0.1, -0.05) is 0 Å². The Balaban J connectivity index is 1.95. The van der Waals surface area contributed by atoms with Crippen LogP contribution >= 0.6 is 0 Å². The van der Waals surface area contributed by atoms with Gasteiger partial charge in [0.2, 0.25) is 5.43 Å². The lowest BCUT2D eigenvalue weighted by Gasteiger charge is -2.36. The number of carboxylic acids is 1. The lowest BCUT2D eigenvalue weighted by Crippen LogP contribution is -2.47. The topological polar surface area (TPSA) is 75.0 Å². The molecule has 1 aliphatic rings. The highest BCUT2D eigenvalue weighted by Crippen LogP contribution is 2.32. The molecule has 33 heavy (non-hydrogen) atoms. The monoisotopic (exact) mass is 461 g/mol. The van der Waals surface area contributed by atoms with Gasteiger partial charge in [-0.25, -0.2) is 18.0 Å². The number of nitrogens with zero attached hydrogens (tertiary/aromatic N) is 3. The molecular weight excluding hydrogens is 439 g/mol. The first-order valence-corrected chi connectivity index (χ1v) is 10.2. The Morgan fingerprint density at radius 2 is 1.91 bits per heavy atom. The van der Waals surface area contributed by atoms with Crippen molar-refractivity contribution in [1.29, 1.82) is 0 Å². The van der Waals surface area contributed by atoms with Crippen LogP contribution in [0.2, 0.25) is 0 Å². The molecule has 1 atom stereocenters. The highest BCUT2D eigenvalue weighted by molar-refractivity contribution is 5.94. The second kappa shape index (κ2) is 8.87. The van der Waals surface area contributed by atoms with Crippen molar-refractivity contribution in [1.82, 2.24) is 9.47 Å². The molecule has 2 aromatic carbocycles. The minimum Gasteiger partial charge on any atom is -0.477 e. The molecule has 0 spiro atoms. The number of hydrogen-bond acceptors (Lipinski definition) is 5. The summed E-state index contributed by atoms with van der Waals surface area (Å²) in [7, 11) is 3.72. The lowest BCUT2D eigenvalue weighted by molar-refractivity contribution is 0.0244. The van der Waals surface area contributed by atoms with Crippen molar-refractivity contribution in [2.45, 2.75) is 6.10 Å². The Morgan fingerprint density at radius 3 is 2.55 bits per heavy atom. The molecule has 1 N–H and O–H groups in total. The fourth-order valence-electron chi connectivity index (χ4n) is 4.09. The summed E-state index contributed by atoms with van der Waals surface area (Å²) >= 11 is 0. The molecule has 1 aliphatic heterocycles. The van der Waals surface area contributed by atoms with Crippen molar-refractivity contribution in [2.24, 2.45) is 0 Å². The maximum absolute atomic E-state index is 15.9. The smallest absolute Gasteiger partial charge is 0.341 e. The molecule has 3 aromatic rings. The maximum Gasteiger partial charge on any atom is 0.341 e. The summed E-state index contributed by atoms with van der Waals surface area (Å²) in [5.74, 6) is -4.07. The van der Waals surface area contributed by atoms with Gasteiger partial charge in [-0.2, -0.15) is 0 Å². The molecule has 1 saturated heterocycles. The van der Waals surface area contributed by atoms with Crippen LogP contribution in [0.25, 0.3) is 16.6 Å². The molecule has 10 heteroatoms. The zero-order valence-corrected chi connectivity index (χ0v) is 18.0. The lowest BCUT2D eigenvalue weighted by atomic mass is 10.1. The number of carboxylic acid groups (broad SMARTS) is 1. The van der Waals surface area contributed by atoms with Crippen LogP contribution in [0, 0.1) is 17.5 Å². The maximum atomic E-state index is 15.9. The van der Waals surface area contributed by atoms with Gasteiger partial charge in [0.25, 0.3) is 0 Å². The number of ether oxygens (including phenoxy) is 1. The molecular formula is C23H22F3N3O4. The third-order valence-electron chi connectivity index (χ3n) is 5.52. The van der Waals surface area contributed by atoms with Crippen molar-refractivity contribution in [3.8, 4) is 5.69 Å². The van der Waals surface area contributed by atoms with E-state index in [1.54, 1.807) is 0 Å². The molecule has 1 unspecified atom stereocenters. The van der Waals surface area contributed by atoms with Crippen molar-refractivity contribution in [3.05, 3.63) is 69.8 Å². The molecule has 0 amide bonds. The normalized spacial score (nSPS) is 16.5. The number of carbonyl (C=O) groups is 1. The van der Waals surface area contributed by atoms with Gasteiger partial charge in [0.15, 0.2) is 5.82 Å². The Bertz CT molecular complexity index is 1270. The number of likely N-dealkylation sites (N-methyl/N-ethyl adjacent to an activating group) is 1. The second-order valence-corrected chi connectivity index (χ2v) is 8.14. The Hall–Kier alpha value is -3.37. The van der Waals surface area contributed by atoms with Gasteiger partial charge in [0.1, 0.15) is 22.9 Å². The first kappa shape index (κ1) is 22.8. The third-order valence-corrected chi connectivity index (χ3v) is 5.52. The van der Waals surface area contributed by atoms with Gasteiger partial charge >= 0.3 is 5.97 Å². The Labute approximate surface area is 187 Å². The average molecular weight is 461 g/mol. The van der Waals surface area contributed by atoms with Gasteiger partial charge in [-0.05, 0) is 44.4 Å². The fourth-order valence-corrected chi connectivity index (χ4v) is 4.09. The molecule has 4 rings (SSSR count). The van der Waals surface area contributed by atoms with E-state index in [-0.39, 0.29) is 42.7 Å². The number of fused-ring (bicyclic) bond motifs is 1. The number of benzene rings is 2. The van der Waals surface area contributed by atoms with Crippen LogP contribution in [0.4, 0.5) is 18.9 Å². The predicted molar refractivity (Wildman–Crippen MR) is 117 cm³/mol. The Morgan fingerprint density at radius 1 is 1.21 bits per heavy atom. The third kappa shape index (κ3) is 4.31. The standard InChI is InChI=1S/C23H22F3N3O4/c1-27(2)10-15-11-28(7-8-33-15)21-18(25)9-16-20(19(21)26)29(12-17(22(16)30)23(31)32)14-5-3-13(24)4-6-14/h3-6,9,12,15H,7-8,10-11H2,1-2H3,(H,31,32). The van der Waals surface area contributed by atoms with E-state index in [2.05, 4.69) is 0 Å². The highest BCUT2D eigenvalue weighted by atomic mass is 19.1. The summed E-state index contributed by atoms with van der Waals surface area (Å²) in [4.78, 5) is 27.8. The molecule has 1 fully saturated rings. The van der Waals surface area contributed by atoms with Gasteiger partial charge in [0, 0.05) is 31.5 Å². The predicted octanol–water partition coefficient (Wildman–Crippen LogP) is 2.87. The van der Waals surface area contributed by atoms with Crippen LogP contribution in [0.5, 0.6) is 0 Å².